The number of hydrogen-bond acceptors (Lipinski definition) is 5. The topological polar surface area (TPSA) is 69.7 Å². The van der Waals surface area contributed by atoms with Gasteiger partial charge in [-0.15, -0.1) is 0 Å². The monoisotopic (exact) mass is 373 g/mol. The van der Waals surface area contributed by atoms with Crippen molar-refractivity contribution in [3.63, 3.8) is 0 Å². The minimum Gasteiger partial charge on any atom is -0.345 e. The van der Waals surface area contributed by atoms with Crippen molar-refractivity contribution in [1.29, 1.82) is 0 Å². The Balaban J connectivity index is 4.54. The summed E-state index contributed by atoms with van der Waals surface area (Å²) in [6.07, 6.45) is 5.80. The van der Waals surface area contributed by atoms with E-state index in [0.717, 1.165) is 25.0 Å². The van der Waals surface area contributed by atoms with Crippen LogP contribution in [0, 0.1) is 5.92 Å². The molecule has 1 N–H and O–H groups in total. The Hall–Kier alpha value is -1.08. The van der Waals surface area contributed by atoms with E-state index in [1.54, 1.807) is 23.9 Å². The highest BCUT2D eigenvalue weighted by Crippen LogP contribution is 2.12. The SMILES string of the molecule is CNCCN(C)C(=O)C(CC(C)=O)CN(C)C(=O)CCCCCSC. The van der Waals surface area contributed by atoms with E-state index in [2.05, 4.69) is 11.6 Å². The second kappa shape index (κ2) is 14.1. The summed E-state index contributed by atoms with van der Waals surface area (Å²) in [5.74, 6) is 0.592. The average Bonchev–Trinajstić information content (AvgIpc) is 2.57. The summed E-state index contributed by atoms with van der Waals surface area (Å²) < 4.78 is 0. The van der Waals surface area contributed by atoms with Gasteiger partial charge in [-0.25, -0.2) is 0 Å². The maximum Gasteiger partial charge on any atom is 0.227 e. The Bertz CT molecular complexity index is 418. The summed E-state index contributed by atoms with van der Waals surface area (Å²) >= 11 is 1.82. The smallest absolute Gasteiger partial charge is 0.227 e. The minimum atomic E-state index is -0.468. The van der Waals surface area contributed by atoms with Crippen molar-refractivity contribution in [2.45, 2.75) is 39.0 Å². The fraction of sp³-hybridized carbons (Fsp3) is 0.833. The molecule has 0 fully saturated rings. The lowest BCUT2D eigenvalue weighted by atomic mass is 10.0. The molecule has 146 valence electrons. The van der Waals surface area contributed by atoms with Crippen LogP contribution in [0.2, 0.25) is 0 Å². The Kier molecular flexibility index (Phi) is 13.5. The number of nitrogens with zero attached hydrogens (tertiary/aromatic N) is 2. The van der Waals surface area contributed by atoms with E-state index in [0.29, 0.717) is 26.1 Å². The molecule has 0 saturated carbocycles. The molecular weight excluding hydrogens is 338 g/mol. The van der Waals surface area contributed by atoms with Gasteiger partial charge in [-0.05, 0) is 38.8 Å². The van der Waals surface area contributed by atoms with E-state index in [1.807, 2.05) is 18.8 Å². The first-order valence-corrected chi connectivity index (χ1v) is 10.3. The molecule has 0 heterocycles. The van der Waals surface area contributed by atoms with E-state index in [-0.39, 0.29) is 24.0 Å². The first-order valence-electron chi connectivity index (χ1n) is 8.95. The van der Waals surface area contributed by atoms with Crippen LogP contribution in [0.25, 0.3) is 0 Å². The average molecular weight is 374 g/mol. The van der Waals surface area contributed by atoms with Gasteiger partial charge in [-0.1, -0.05) is 6.42 Å². The number of nitrogens with one attached hydrogen (secondary N) is 1. The van der Waals surface area contributed by atoms with Gasteiger partial charge in [0.25, 0.3) is 0 Å². The molecular formula is C18H35N3O3S. The van der Waals surface area contributed by atoms with Gasteiger partial charge in [0.1, 0.15) is 5.78 Å². The maximum absolute atomic E-state index is 12.6. The zero-order valence-corrected chi connectivity index (χ0v) is 17.3. The minimum absolute atomic E-state index is 0.0294. The van der Waals surface area contributed by atoms with Crippen molar-refractivity contribution >= 4 is 29.4 Å². The lowest BCUT2D eigenvalue weighted by Crippen LogP contribution is -2.43. The molecule has 1 unspecified atom stereocenters. The summed E-state index contributed by atoms with van der Waals surface area (Å²) in [6.45, 7) is 3.06. The van der Waals surface area contributed by atoms with Crippen molar-refractivity contribution in [3.8, 4) is 0 Å². The first kappa shape index (κ1) is 23.9. The number of Topliss-reactive ketones (excluding diaryl/α,β-unsaturated/α-hetero) is 1. The highest BCUT2D eigenvalue weighted by atomic mass is 32.2. The van der Waals surface area contributed by atoms with Crippen LogP contribution in [0.15, 0.2) is 0 Å². The lowest BCUT2D eigenvalue weighted by Gasteiger charge is -2.27. The number of likely N-dealkylation sites (N-methyl/N-ethyl adjacent to an activating group) is 2. The zero-order chi connectivity index (χ0) is 19.2. The van der Waals surface area contributed by atoms with Crippen LogP contribution in [0.5, 0.6) is 0 Å². The molecule has 25 heavy (non-hydrogen) atoms. The van der Waals surface area contributed by atoms with Crippen molar-refractivity contribution < 1.29 is 14.4 Å². The van der Waals surface area contributed by atoms with Crippen molar-refractivity contribution in [3.05, 3.63) is 0 Å². The van der Waals surface area contributed by atoms with Gasteiger partial charge in [-0.2, -0.15) is 11.8 Å². The Morgan fingerprint density at radius 1 is 1.08 bits per heavy atom. The summed E-state index contributed by atoms with van der Waals surface area (Å²) in [4.78, 5) is 39.6. The van der Waals surface area contributed by atoms with Crippen LogP contribution in [0.4, 0.5) is 0 Å². The molecule has 0 aromatic heterocycles. The molecule has 0 aromatic carbocycles. The van der Waals surface area contributed by atoms with Crippen molar-refractivity contribution in [2.24, 2.45) is 5.92 Å². The molecule has 2 amide bonds. The van der Waals surface area contributed by atoms with Gasteiger partial charge < -0.3 is 19.9 Å². The predicted molar refractivity (Wildman–Crippen MR) is 105 cm³/mol. The molecule has 0 rings (SSSR count). The van der Waals surface area contributed by atoms with E-state index < -0.39 is 5.92 Å². The zero-order valence-electron chi connectivity index (χ0n) is 16.5. The summed E-state index contributed by atoms with van der Waals surface area (Å²) in [7, 11) is 5.29. The van der Waals surface area contributed by atoms with Crippen LogP contribution in [-0.4, -0.2) is 80.2 Å². The Morgan fingerprint density at radius 3 is 2.32 bits per heavy atom. The van der Waals surface area contributed by atoms with Crippen LogP contribution in [-0.2, 0) is 14.4 Å². The van der Waals surface area contributed by atoms with Crippen LogP contribution < -0.4 is 5.32 Å². The number of carbonyl (C=O) groups excluding carboxylic acids is 3. The number of carbonyl (C=O) groups is 3. The largest absolute Gasteiger partial charge is 0.345 e. The normalized spacial score (nSPS) is 11.9. The van der Waals surface area contributed by atoms with Gasteiger partial charge in [0.15, 0.2) is 0 Å². The molecule has 0 saturated heterocycles. The Morgan fingerprint density at radius 2 is 1.76 bits per heavy atom. The number of amides is 2. The van der Waals surface area contributed by atoms with Gasteiger partial charge in [0, 0.05) is 46.6 Å². The third-order valence-corrected chi connectivity index (χ3v) is 4.81. The standard InChI is InChI=1S/C18H35N3O3S/c1-15(22)13-16(18(24)20(3)11-10-19-2)14-21(4)17(23)9-7-6-8-12-25-5/h16,19H,6-14H2,1-5H3. The summed E-state index contributed by atoms with van der Waals surface area (Å²) in [5, 5.41) is 3.00. The van der Waals surface area contributed by atoms with Crippen LogP contribution in [0.1, 0.15) is 39.0 Å². The van der Waals surface area contributed by atoms with E-state index in [4.69, 9.17) is 0 Å². The van der Waals surface area contributed by atoms with E-state index >= 15 is 0 Å². The fourth-order valence-corrected chi connectivity index (χ4v) is 3.09. The molecule has 7 heteroatoms. The van der Waals surface area contributed by atoms with Crippen molar-refractivity contribution in [1.82, 2.24) is 15.1 Å². The van der Waals surface area contributed by atoms with Crippen LogP contribution in [0.3, 0.4) is 0 Å². The van der Waals surface area contributed by atoms with Crippen molar-refractivity contribution in [2.75, 3.05) is 52.8 Å². The fourth-order valence-electron chi connectivity index (χ4n) is 2.60. The molecule has 6 nitrogen and oxygen atoms in total. The second-order valence-corrected chi connectivity index (χ2v) is 7.53. The molecule has 0 radical (unpaired) electrons. The molecule has 0 aliphatic carbocycles. The van der Waals surface area contributed by atoms with Gasteiger partial charge in [0.05, 0.1) is 5.92 Å². The highest BCUT2D eigenvalue weighted by Gasteiger charge is 2.26. The third kappa shape index (κ3) is 11.2. The quantitative estimate of drug-likeness (QED) is 0.469. The number of rotatable bonds is 14. The van der Waals surface area contributed by atoms with E-state index in [1.165, 1.54) is 6.92 Å². The second-order valence-electron chi connectivity index (χ2n) is 6.54. The van der Waals surface area contributed by atoms with Gasteiger partial charge in [0.2, 0.25) is 11.8 Å². The predicted octanol–water partition coefficient (Wildman–Crippen LogP) is 1.64. The summed E-state index contributed by atoms with van der Waals surface area (Å²) in [6, 6.07) is 0. The number of unbranched alkanes of at least 4 members (excludes halogenated alkanes) is 2. The first-order chi connectivity index (χ1) is 11.8. The molecule has 0 aromatic rings. The third-order valence-electron chi connectivity index (χ3n) is 4.12. The molecule has 0 aliphatic rings. The number of hydrogen-bond donors (Lipinski definition) is 1. The number of thioether (sulfide) groups is 1. The molecule has 0 bridgehead atoms. The Labute approximate surface area is 157 Å². The van der Waals surface area contributed by atoms with Crippen LogP contribution >= 0.6 is 11.8 Å². The molecule has 0 spiro atoms. The maximum atomic E-state index is 12.6. The molecule has 0 aliphatic heterocycles. The molecule has 1 atom stereocenters. The number of ketones is 1. The van der Waals surface area contributed by atoms with E-state index in [9.17, 15) is 14.4 Å². The summed E-state index contributed by atoms with van der Waals surface area (Å²) in [5.41, 5.74) is 0. The lowest BCUT2D eigenvalue weighted by molar-refractivity contribution is -0.139. The van der Waals surface area contributed by atoms with Gasteiger partial charge in [-0.3, -0.25) is 9.59 Å². The highest BCUT2D eigenvalue weighted by molar-refractivity contribution is 7.98. The van der Waals surface area contributed by atoms with Gasteiger partial charge >= 0.3 is 0 Å².